The third kappa shape index (κ3) is 2.42. The van der Waals surface area contributed by atoms with Crippen molar-refractivity contribution in [3.8, 4) is 6.07 Å². The molecule has 0 atom stereocenters. The number of sulfone groups is 1. The molecule has 0 aliphatic carbocycles. The van der Waals surface area contributed by atoms with Crippen LogP contribution in [0.2, 0.25) is 0 Å². The van der Waals surface area contributed by atoms with Crippen LogP contribution in [0.4, 0.5) is 5.82 Å². The van der Waals surface area contributed by atoms with Gasteiger partial charge in [-0.2, -0.15) is 5.26 Å². The molecule has 5 nitrogen and oxygen atoms in total. The van der Waals surface area contributed by atoms with Gasteiger partial charge in [-0.3, -0.25) is 0 Å². The SMILES string of the molecule is N#Cc1cc(Br)cnc1N1CC2(CCCS(=O)(=O)C2)C1. The van der Waals surface area contributed by atoms with E-state index in [1.807, 2.05) is 4.90 Å². The highest BCUT2D eigenvalue weighted by Crippen LogP contribution is 2.42. The van der Waals surface area contributed by atoms with Gasteiger partial charge < -0.3 is 4.90 Å². The van der Waals surface area contributed by atoms with Crippen molar-refractivity contribution in [1.29, 1.82) is 5.26 Å². The average Bonchev–Trinajstić information content (AvgIpc) is 2.34. The summed E-state index contributed by atoms with van der Waals surface area (Å²) in [5, 5.41) is 9.16. The Morgan fingerprint density at radius 2 is 2.20 bits per heavy atom. The highest BCUT2D eigenvalue weighted by atomic mass is 79.9. The molecule has 0 bridgehead atoms. The number of nitrogens with zero attached hydrogens (tertiary/aromatic N) is 3. The van der Waals surface area contributed by atoms with Crippen LogP contribution in [0.15, 0.2) is 16.7 Å². The zero-order valence-corrected chi connectivity index (χ0v) is 13.2. The summed E-state index contributed by atoms with van der Waals surface area (Å²) in [5.41, 5.74) is 0.395. The van der Waals surface area contributed by atoms with Gasteiger partial charge in [-0.05, 0) is 34.8 Å². The molecule has 20 heavy (non-hydrogen) atoms. The third-order valence-corrected chi connectivity index (χ3v) is 6.39. The predicted octanol–water partition coefficient (Wildman–Crippen LogP) is 1.73. The monoisotopic (exact) mass is 355 g/mol. The molecule has 2 aliphatic heterocycles. The summed E-state index contributed by atoms with van der Waals surface area (Å²) in [6, 6.07) is 3.88. The van der Waals surface area contributed by atoms with Crippen LogP contribution >= 0.6 is 15.9 Å². The Bertz CT molecular complexity index is 690. The van der Waals surface area contributed by atoms with Crippen molar-refractivity contribution >= 4 is 31.6 Å². The topological polar surface area (TPSA) is 74.1 Å². The van der Waals surface area contributed by atoms with Gasteiger partial charge in [-0.1, -0.05) is 0 Å². The van der Waals surface area contributed by atoms with Gasteiger partial charge in [0.1, 0.15) is 11.9 Å². The van der Waals surface area contributed by atoms with E-state index < -0.39 is 9.84 Å². The van der Waals surface area contributed by atoms with Crippen molar-refractivity contribution in [3.63, 3.8) is 0 Å². The van der Waals surface area contributed by atoms with Crippen LogP contribution < -0.4 is 4.90 Å². The van der Waals surface area contributed by atoms with Crippen LogP contribution in [0.3, 0.4) is 0 Å². The van der Waals surface area contributed by atoms with Gasteiger partial charge in [0.25, 0.3) is 0 Å². The summed E-state index contributed by atoms with van der Waals surface area (Å²) in [6.45, 7) is 1.35. The quantitative estimate of drug-likeness (QED) is 0.766. The summed E-state index contributed by atoms with van der Waals surface area (Å²) in [7, 11) is -2.90. The normalized spacial score (nSPS) is 23.1. The maximum Gasteiger partial charge on any atom is 0.151 e. The minimum Gasteiger partial charge on any atom is -0.354 e. The van der Waals surface area contributed by atoms with Crippen LogP contribution in [0.5, 0.6) is 0 Å². The molecule has 106 valence electrons. The van der Waals surface area contributed by atoms with E-state index in [0.717, 1.165) is 17.3 Å². The van der Waals surface area contributed by atoms with E-state index in [1.54, 1.807) is 12.3 Å². The first-order valence-electron chi connectivity index (χ1n) is 6.44. The molecule has 0 radical (unpaired) electrons. The fourth-order valence-corrected chi connectivity index (χ4v) is 5.53. The molecule has 2 aliphatic rings. The third-order valence-electron chi connectivity index (χ3n) is 3.99. The predicted molar refractivity (Wildman–Crippen MR) is 79.2 cm³/mol. The van der Waals surface area contributed by atoms with E-state index in [0.29, 0.717) is 30.2 Å². The number of nitriles is 1. The van der Waals surface area contributed by atoms with Gasteiger partial charge in [0.05, 0.1) is 17.1 Å². The van der Waals surface area contributed by atoms with Crippen molar-refractivity contribution < 1.29 is 8.42 Å². The van der Waals surface area contributed by atoms with E-state index >= 15 is 0 Å². The molecule has 3 rings (SSSR count). The first-order valence-corrected chi connectivity index (χ1v) is 9.06. The van der Waals surface area contributed by atoms with Crippen molar-refractivity contribution in [1.82, 2.24) is 4.98 Å². The number of halogens is 1. The lowest BCUT2D eigenvalue weighted by molar-refractivity contribution is 0.215. The molecule has 0 amide bonds. The van der Waals surface area contributed by atoms with Crippen LogP contribution in [-0.2, 0) is 9.84 Å². The van der Waals surface area contributed by atoms with E-state index in [1.165, 1.54) is 0 Å². The number of hydrogen-bond donors (Lipinski definition) is 0. The maximum absolute atomic E-state index is 11.8. The zero-order valence-electron chi connectivity index (χ0n) is 10.8. The minimum absolute atomic E-state index is 0.126. The smallest absolute Gasteiger partial charge is 0.151 e. The molecule has 1 aromatic rings. The Labute approximate surface area is 126 Å². The number of rotatable bonds is 1. The molecule has 0 aromatic carbocycles. The molecule has 0 unspecified atom stereocenters. The number of anilines is 1. The van der Waals surface area contributed by atoms with E-state index in [9.17, 15) is 8.42 Å². The zero-order chi connectivity index (χ0) is 14.4. The minimum atomic E-state index is -2.90. The Morgan fingerprint density at radius 1 is 1.45 bits per heavy atom. The highest BCUT2D eigenvalue weighted by Gasteiger charge is 2.48. The molecular formula is C13H14BrN3O2S. The summed E-state index contributed by atoms with van der Waals surface area (Å²) in [6.07, 6.45) is 3.36. The van der Waals surface area contributed by atoms with Crippen LogP contribution in [-0.4, -0.2) is 38.0 Å². The molecule has 0 N–H and O–H groups in total. The number of pyridine rings is 1. The first-order chi connectivity index (χ1) is 9.43. The van der Waals surface area contributed by atoms with Gasteiger partial charge in [0.2, 0.25) is 0 Å². The lowest BCUT2D eigenvalue weighted by Crippen LogP contribution is -2.61. The van der Waals surface area contributed by atoms with Crippen molar-refractivity contribution in [2.24, 2.45) is 5.41 Å². The van der Waals surface area contributed by atoms with Gasteiger partial charge >= 0.3 is 0 Å². The lowest BCUT2D eigenvalue weighted by atomic mass is 9.77. The molecule has 1 spiro atoms. The van der Waals surface area contributed by atoms with Gasteiger partial charge in [0.15, 0.2) is 9.84 Å². The number of hydrogen-bond acceptors (Lipinski definition) is 5. The average molecular weight is 356 g/mol. The molecule has 2 fully saturated rings. The number of aromatic nitrogens is 1. The van der Waals surface area contributed by atoms with Crippen LogP contribution in [0, 0.1) is 16.7 Å². The first kappa shape index (κ1) is 13.8. The largest absolute Gasteiger partial charge is 0.354 e. The standard InChI is InChI=1S/C13H14BrN3O2S/c14-11-4-10(5-15)12(16-6-11)17-7-13(8-17)2-1-3-20(18,19)9-13/h4,6H,1-3,7-9H2. The second-order valence-corrected chi connectivity index (χ2v) is 8.79. The molecular weight excluding hydrogens is 342 g/mol. The van der Waals surface area contributed by atoms with Crippen molar-refractivity contribution in [3.05, 3.63) is 22.3 Å². The summed E-state index contributed by atoms with van der Waals surface area (Å²) in [5.74, 6) is 1.24. The highest BCUT2D eigenvalue weighted by molar-refractivity contribution is 9.10. The second kappa shape index (κ2) is 4.71. The Kier molecular flexibility index (Phi) is 3.26. The summed E-state index contributed by atoms with van der Waals surface area (Å²) in [4.78, 5) is 6.30. The van der Waals surface area contributed by atoms with Crippen LogP contribution in [0.1, 0.15) is 18.4 Å². The molecule has 0 saturated carbocycles. The van der Waals surface area contributed by atoms with Crippen molar-refractivity contribution in [2.75, 3.05) is 29.5 Å². The fourth-order valence-electron chi connectivity index (χ4n) is 3.21. The molecule has 2 saturated heterocycles. The Hall–Kier alpha value is -1.13. The van der Waals surface area contributed by atoms with Gasteiger partial charge in [-0.15, -0.1) is 0 Å². The molecule has 3 heterocycles. The molecule has 7 heteroatoms. The van der Waals surface area contributed by atoms with Crippen molar-refractivity contribution in [2.45, 2.75) is 12.8 Å². The summed E-state index contributed by atoms with van der Waals surface area (Å²) < 4.78 is 24.3. The molecule has 1 aromatic heterocycles. The van der Waals surface area contributed by atoms with E-state index in [4.69, 9.17) is 5.26 Å². The second-order valence-electron chi connectivity index (χ2n) is 5.69. The van der Waals surface area contributed by atoms with Crippen LogP contribution in [0.25, 0.3) is 0 Å². The van der Waals surface area contributed by atoms with Gasteiger partial charge in [0, 0.05) is 29.2 Å². The maximum atomic E-state index is 11.8. The summed E-state index contributed by atoms with van der Waals surface area (Å²) >= 11 is 3.30. The van der Waals surface area contributed by atoms with E-state index in [2.05, 4.69) is 27.0 Å². The lowest BCUT2D eigenvalue weighted by Gasteiger charge is -2.52. The van der Waals surface area contributed by atoms with E-state index in [-0.39, 0.29) is 11.2 Å². The van der Waals surface area contributed by atoms with Gasteiger partial charge in [-0.25, -0.2) is 13.4 Å². The fraction of sp³-hybridized carbons (Fsp3) is 0.538. The Morgan fingerprint density at radius 3 is 2.85 bits per heavy atom. The Balaban J connectivity index is 1.80.